The van der Waals surface area contributed by atoms with E-state index in [1.165, 1.54) is 55.9 Å². The molecule has 0 N–H and O–H groups in total. The van der Waals surface area contributed by atoms with Gasteiger partial charge in [0.1, 0.15) is 5.82 Å². The van der Waals surface area contributed by atoms with Crippen LogP contribution in [0.25, 0.3) is 39.2 Å². The molecule has 1 radical (unpaired) electrons. The van der Waals surface area contributed by atoms with Crippen LogP contribution in [-0.4, -0.2) is 15.7 Å². The van der Waals surface area contributed by atoms with E-state index in [0.717, 1.165) is 29.9 Å². The number of hydrogen-bond acceptors (Lipinski definition) is 2. The second-order valence-electron chi connectivity index (χ2n) is 18.1. The predicted molar refractivity (Wildman–Crippen MR) is 253 cm³/mol. The molecule has 3 aliphatic rings. The summed E-state index contributed by atoms with van der Waals surface area (Å²) in [6.45, 7) is 18.3. The Hall–Kier alpha value is -5.22. The van der Waals surface area contributed by atoms with Crippen molar-refractivity contribution in [1.29, 1.82) is 0 Å². The van der Waals surface area contributed by atoms with Crippen LogP contribution in [0.4, 0.5) is 5.69 Å². The van der Waals surface area contributed by atoms with Gasteiger partial charge in [-0.1, -0.05) is 158 Å². The largest absolute Gasteiger partial charge is 0.664 e. The number of rotatable bonds is 10. The quantitative estimate of drug-likeness (QED) is 0.128. The Kier molecular flexibility index (Phi) is 13.8. The van der Waals surface area contributed by atoms with E-state index in [1.807, 2.05) is 12.3 Å². The monoisotopic (exact) mass is 981 g/mol. The van der Waals surface area contributed by atoms with Crippen LogP contribution in [0.5, 0.6) is 0 Å². The first-order chi connectivity index (χ1) is 29.1. The first-order valence-electron chi connectivity index (χ1n) is 22.1. The van der Waals surface area contributed by atoms with Gasteiger partial charge in [0.25, 0.3) is 0 Å². The molecular weight excluding hydrogens is 921 g/mol. The molecule has 3 unspecified atom stereocenters. The summed E-state index contributed by atoms with van der Waals surface area (Å²) < 4.78 is 2.27. The van der Waals surface area contributed by atoms with Crippen molar-refractivity contribution < 1.29 is 20.1 Å². The number of hydrogen-bond donors (Lipinski definition) is 0. The standard InChI is InChI=1S/C29H32N2.C27H28N2.Ir/c1-19(2)16-21-10-9-11-22(17-20(3)4)28(21)26-18-31-27-15-8-7-13-24(27)23-12-5-6-14-25(23)29(31)30-26;1-19(2)24-17-23(21-11-7-5-8-12-21)18-25(20(3)4)26(24)29-16-15-28-27(29)22-13-9-6-10-14-22;/h5-13,15,18-20,23,25,29H,16-17H2,1-4H3;5-20H,1-4H3;/q-2;;. The molecule has 315 valence electrons. The van der Waals surface area contributed by atoms with Crippen molar-refractivity contribution in [1.82, 2.24) is 9.55 Å². The van der Waals surface area contributed by atoms with Gasteiger partial charge in [-0.05, 0) is 118 Å². The maximum Gasteiger partial charge on any atom is 0.144 e. The smallest absolute Gasteiger partial charge is 0.144 e. The number of fused-ring (bicyclic) bond motifs is 6. The van der Waals surface area contributed by atoms with E-state index >= 15 is 0 Å². The molecule has 0 spiro atoms. The number of benzene rings is 5. The SMILES string of the molecule is CC(C)Cc1cccc(CC(C)C)c1C1=CN2c3ccccc3C3C=CC=[C-]C3C2[N-]1.CC(C)c1cc(-c2ccccc2)cc(C(C)C)c1-n1ccnc1-c1ccccc1.[Ir]. The molecule has 3 heterocycles. The minimum Gasteiger partial charge on any atom is -0.664 e. The summed E-state index contributed by atoms with van der Waals surface area (Å²) in [6, 6.07) is 41.5. The number of para-hydroxylation sites is 1. The number of anilines is 1. The number of nitrogens with zero attached hydrogens (tertiary/aromatic N) is 4. The molecule has 9 rings (SSSR count). The Morgan fingerprint density at radius 2 is 1.26 bits per heavy atom. The van der Waals surface area contributed by atoms with Gasteiger partial charge < -0.3 is 10.2 Å². The van der Waals surface area contributed by atoms with Gasteiger partial charge in [0.05, 0.1) is 5.69 Å². The van der Waals surface area contributed by atoms with Crippen LogP contribution in [0, 0.1) is 23.8 Å². The molecule has 1 aliphatic carbocycles. The Labute approximate surface area is 378 Å². The van der Waals surface area contributed by atoms with E-state index in [-0.39, 0.29) is 32.2 Å². The van der Waals surface area contributed by atoms with Crippen molar-refractivity contribution in [3.63, 3.8) is 0 Å². The molecule has 61 heavy (non-hydrogen) atoms. The minimum atomic E-state index is 0. The van der Waals surface area contributed by atoms with Gasteiger partial charge in [0.15, 0.2) is 0 Å². The summed E-state index contributed by atoms with van der Waals surface area (Å²) in [4.78, 5) is 7.11. The summed E-state index contributed by atoms with van der Waals surface area (Å²) in [5.41, 5.74) is 15.7. The summed E-state index contributed by atoms with van der Waals surface area (Å²) in [5.74, 6) is 3.61. The third kappa shape index (κ3) is 9.20. The van der Waals surface area contributed by atoms with Crippen LogP contribution in [-0.2, 0) is 32.9 Å². The van der Waals surface area contributed by atoms with Gasteiger partial charge in [-0.2, -0.15) is 6.08 Å². The van der Waals surface area contributed by atoms with E-state index in [9.17, 15) is 0 Å². The van der Waals surface area contributed by atoms with E-state index in [0.29, 0.717) is 29.6 Å². The third-order valence-electron chi connectivity index (χ3n) is 12.0. The van der Waals surface area contributed by atoms with Gasteiger partial charge in [-0.15, -0.1) is 5.70 Å². The van der Waals surface area contributed by atoms with Gasteiger partial charge >= 0.3 is 0 Å². The summed E-state index contributed by atoms with van der Waals surface area (Å²) in [7, 11) is 0. The first kappa shape index (κ1) is 43.9. The van der Waals surface area contributed by atoms with E-state index in [1.54, 1.807) is 0 Å². The van der Waals surface area contributed by atoms with Crippen molar-refractivity contribution in [2.24, 2.45) is 17.8 Å². The third-order valence-corrected chi connectivity index (χ3v) is 12.0. The van der Waals surface area contributed by atoms with Crippen molar-refractivity contribution in [3.05, 3.63) is 197 Å². The Bertz CT molecular complexity index is 2450. The molecule has 3 atom stereocenters. The van der Waals surface area contributed by atoms with Crippen molar-refractivity contribution in [3.8, 4) is 28.2 Å². The van der Waals surface area contributed by atoms with Crippen LogP contribution in [0.2, 0.25) is 0 Å². The maximum absolute atomic E-state index is 5.37. The fraction of sp³-hybridized carbons (Fsp3) is 0.304. The molecule has 2 aliphatic heterocycles. The number of allylic oxidation sites excluding steroid dienone is 3. The second kappa shape index (κ2) is 19.2. The second-order valence-corrected chi connectivity index (χ2v) is 18.1. The average Bonchev–Trinajstić information content (AvgIpc) is 3.93. The van der Waals surface area contributed by atoms with Crippen LogP contribution in [0.1, 0.15) is 107 Å². The molecule has 0 fully saturated rings. The average molecular weight is 981 g/mol. The molecule has 0 bridgehead atoms. The van der Waals surface area contributed by atoms with Gasteiger partial charge in [0.2, 0.25) is 0 Å². The molecular formula is C56H60IrN4-2. The molecule has 1 aromatic heterocycles. The zero-order chi connectivity index (χ0) is 41.9. The normalized spacial score (nSPS) is 17.3. The molecule has 0 saturated heterocycles. The summed E-state index contributed by atoms with van der Waals surface area (Å²) in [5, 5.41) is 5.37. The minimum absolute atomic E-state index is 0. The zero-order valence-electron chi connectivity index (χ0n) is 37.0. The molecule has 0 amide bonds. The van der Waals surface area contributed by atoms with E-state index in [4.69, 9.17) is 10.3 Å². The summed E-state index contributed by atoms with van der Waals surface area (Å²) in [6.07, 6.45) is 18.7. The van der Waals surface area contributed by atoms with Crippen LogP contribution >= 0.6 is 0 Å². The van der Waals surface area contributed by atoms with Crippen molar-refractivity contribution in [2.75, 3.05) is 4.90 Å². The fourth-order valence-corrected chi connectivity index (χ4v) is 9.30. The topological polar surface area (TPSA) is 35.2 Å². The number of aromatic nitrogens is 2. The predicted octanol–water partition coefficient (Wildman–Crippen LogP) is 14.7. The van der Waals surface area contributed by atoms with Gasteiger partial charge in [-0.25, -0.2) is 17.1 Å². The Morgan fingerprint density at radius 3 is 1.87 bits per heavy atom. The van der Waals surface area contributed by atoms with Crippen molar-refractivity contribution >= 4 is 11.4 Å². The van der Waals surface area contributed by atoms with E-state index in [2.05, 4.69) is 211 Å². The maximum atomic E-state index is 5.37. The zero-order valence-corrected chi connectivity index (χ0v) is 39.4. The van der Waals surface area contributed by atoms with Crippen LogP contribution in [0.15, 0.2) is 152 Å². The van der Waals surface area contributed by atoms with Crippen LogP contribution < -0.4 is 4.90 Å². The fourth-order valence-electron chi connectivity index (χ4n) is 9.30. The molecule has 4 nitrogen and oxygen atoms in total. The van der Waals surface area contributed by atoms with Crippen LogP contribution in [0.3, 0.4) is 0 Å². The number of imidazole rings is 1. The Balaban J connectivity index is 0.000000181. The first-order valence-corrected chi connectivity index (χ1v) is 22.1. The molecule has 5 heteroatoms. The van der Waals surface area contributed by atoms with Crippen molar-refractivity contribution in [2.45, 2.75) is 92.2 Å². The summed E-state index contributed by atoms with van der Waals surface area (Å²) >= 11 is 0. The Morgan fingerprint density at radius 1 is 0.672 bits per heavy atom. The van der Waals surface area contributed by atoms with E-state index < -0.39 is 0 Å². The molecule has 0 saturated carbocycles. The van der Waals surface area contributed by atoms with Gasteiger partial charge in [0, 0.05) is 43.7 Å². The molecule has 5 aromatic carbocycles. The molecule has 6 aromatic rings. The van der Waals surface area contributed by atoms with Gasteiger partial charge in [-0.3, -0.25) is 10.6 Å².